The molecular formula is C5H10N2S. The van der Waals surface area contributed by atoms with E-state index in [0.29, 0.717) is 6.04 Å². The highest BCUT2D eigenvalue weighted by atomic mass is 32.1. The lowest BCUT2D eigenvalue weighted by Gasteiger charge is -2.14. The summed E-state index contributed by atoms with van der Waals surface area (Å²) in [5, 5.41) is 0. The molecule has 0 aromatic rings. The highest BCUT2D eigenvalue weighted by molar-refractivity contribution is 7.78. The van der Waals surface area contributed by atoms with Crippen molar-refractivity contribution in [3.8, 4) is 0 Å². The monoisotopic (exact) mass is 130 g/mol. The summed E-state index contributed by atoms with van der Waals surface area (Å²) in [4.78, 5) is 4.16. The van der Waals surface area contributed by atoms with Crippen LogP contribution in [0.2, 0.25) is 0 Å². The van der Waals surface area contributed by atoms with Crippen LogP contribution in [-0.4, -0.2) is 22.7 Å². The topological polar surface area (TPSA) is 15.6 Å². The summed E-state index contributed by atoms with van der Waals surface area (Å²) in [5.74, 6) is 1.03. The Morgan fingerprint density at radius 1 is 1.88 bits per heavy atom. The van der Waals surface area contributed by atoms with Crippen molar-refractivity contribution in [2.75, 3.05) is 6.54 Å². The molecule has 0 bridgehead atoms. The van der Waals surface area contributed by atoms with E-state index < -0.39 is 0 Å². The van der Waals surface area contributed by atoms with Gasteiger partial charge < -0.3 is 4.31 Å². The van der Waals surface area contributed by atoms with Gasteiger partial charge in [0.25, 0.3) is 0 Å². The number of aliphatic imine (C=N–C) groups is 1. The SMILES string of the molecule is CC1=NCC(C)N1S. The standard InChI is InChI=1S/C5H10N2S/c1-4-3-6-5(2)7(4)8/h4,8H,3H2,1-2H3. The summed E-state index contributed by atoms with van der Waals surface area (Å²) in [7, 11) is 0. The fourth-order valence-electron chi connectivity index (χ4n) is 0.733. The Bertz CT molecular complexity index is 122. The highest BCUT2D eigenvalue weighted by Crippen LogP contribution is 2.10. The maximum absolute atomic E-state index is 4.18. The second-order valence-electron chi connectivity index (χ2n) is 2.08. The van der Waals surface area contributed by atoms with Crippen LogP contribution in [0.4, 0.5) is 0 Å². The number of hydrogen-bond donors (Lipinski definition) is 1. The van der Waals surface area contributed by atoms with Crippen LogP contribution in [0.15, 0.2) is 4.99 Å². The molecule has 1 heterocycles. The van der Waals surface area contributed by atoms with E-state index in [1.807, 2.05) is 11.2 Å². The quantitative estimate of drug-likeness (QED) is 0.483. The molecule has 2 nitrogen and oxygen atoms in total. The average molecular weight is 130 g/mol. The first-order valence-electron chi connectivity index (χ1n) is 2.71. The summed E-state index contributed by atoms with van der Waals surface area (Å²) in [6.45, 7) is 4.97. The first-order valence-corrected chi connectivity index (χ1v) is 3.11. The lowest BCUT2D eigenvalue weighted by molar-refractivity contribution is 0.567. The molecule has 3 heteroatoms. The number of hydrogen-bond acceptors (Lipinski definition) is 3. The Morgan fingerprint density at radius 3 is 2.62 bits per heavy atom. The summed E-state index contributed by atoms with van der Waals surface area (Å²) >= 11 is 4.18. The summed E-state index contributed by atoms with van der Waals surface area (Å²) < 4.78 is 1.89. The van der Waals surface area contributed by atoms with E-state index >= 15 is 0 Å². The fourth-order valence-corrected chi connectivity index (χ4v) is 0.869. The maximum atomic E-state index is 4.18. The fraction of sp³-hybridized carbons (Fsp3) is 0.800. The summed E-state index contributed by atoms with van der Waals surface area (Å²) in [6, 6.07) is 0.485. The number of thiol groups is 1. The molecule has 1 aliphatic rings. The molecule has 0 spiro atoms. The first-order chi connectivity index (χ1) is 3.72. The van der Waals surface area contributed by atoms with Gasteiger partial charge in [-0.2, -0.15) is 0 Å². The van der Waals surface area contributed by atoms with Gasteiger partial charge in [0.05, 0.1) is 12.6 Å². The van der Waals surface area contributed by atoms with Crippen molar-refractivity contribution < 1.29 is 0 Å². The molecule has 0 saturated carbocycles. The molecule has 1 aliphatic heterocycles. The van der Waals surface area contributed by atoms with Gasteiger partial charge in [-0.3, -0.25) is 4.99 Å². The lowest BCUT2D eigenvalue weighted by atomic mass is 10.4. The number of nitrogens with zero attached hydrogens (tertiary/aromatic N) is 2. The predicted octanol–water partition coefficient (Wildman–Crippen LogP) is 0.954. The predicted molar refractivity (Wildman–Crippen MR) is 38.3 cm³/mol. The minimum atomic E-state index is 0.485. The van der Waals surface area contributed by atoms with Gasteiger partial charge in [-0.15, -0.1) is 0 Å². The Morgan fingerprint density at radius 2 is 2.50 bits per heavy atom. The molecule has 1 unspecified atom stereocenters. The number of rotatable bonds is 0. The van der Waals surface area contributed by atoms with Crippen LogP contribution in [0.1, 0.15) is 13.8 Å². The van der Waals surface area contributed by atoms with E-state index in [1.54, 1.807) is 0 Å². The molecule has 8 heavy (non-hydrogen) atoms. The number of amidine groups is 1. The normalized spacial score (nSPS) is 28.6. The van der Waals surface area contributed by atoms with Crippen molar-refractivity contribution in [2.45, 2.75) is 19.9 Å². The Hall–Kier alpha value is -0.180. The van der Waals surface area contributed by atoms with Crippen LogP contribution < -0.4 is 0 Å². The van der Waals surface area contributed by atoms with Gasteiger partial charge >= 0.3 is 0 Å². The molecule has 0 saturated heterocycles. The van der Waals surface area contributed by atoms with Crippen molar-refractivity contribution in [1.82, 2.24) is 4.31 Å². The van der Waals surface area contributed by atoms with E-state index in [-0.39, 0.29) is 0 Å². The Labute approximate surface area is 55.1 Å². The van der Waals surface area contributed by atoms with Crippen molar-refractivity contribution in [3.05, 3.63) is 0 Å². The van der Waals surface area contributed by atoms with Crippen LogP contribution in [0, 0.1) is 0 Å². The van der Waals surface area contributed by atoms with Gasteiger partial charge in [0.2, 0.25) is 0 Å². The molecule has 0 aromatic carbocycles. The van der Waals surface area contributed by atoms with Crippen LogP contribution in [0.25, 0.3) is 0 Å². The molecule has 46 valence electrons. The van der Waals surface area contributed by atoms with Crippen molar-refractivity contribution in [1.29, 1.82) is 0 Å². The van der Waals surface area contributed by atoms with E-state index in [1.165, 1.54) is 0 Å². The Balaban J connectivity index is 2.59. The highest BCUT2D eigenvalue weighted by Gasteiger charge is 2.16. The third-order valence-electron chi connectivity index (χ3n) is 1.33. The largest absolute Gasteiger partial charge is 0.303 e. The molecule has 0 aromatic heterocycles. The van der Waals surface area contributed by atoms with Gasteiger partial charge in [-0.05, 0) is 13.8 Å². The molecule has 0 radical (unpaired) electrons. The minimum absolute atomic E-state index is 0.485. The van der Waals surface area contributed by atoms with E-state index in [9.17, 15) is 0 Å². The van der Waals surface area contributed by atoms with Crippen LogP contribution in [0.5, 0.6) is 0 Å². The second-order valence-corrected chi connectivity index (χ2v) is 2.51. The molecule has 1 rings (SSSR count). The average Bonchev–Trinajstić information content (AvgIpc) is 1.98. The molecule has 0 N–H and O–H groups in total. The third kappa shape index (κ3) is 0.823. The first kappa shape index (κ1) is 5.95. The summed E-state index contributed by atoms with van der Waals surface area (Å²) in [5.41, 5.74) is 0. The summed E-state index contributed by atoms with van der Waals surface area (Å²) in [6.07, 6.45) is 0. The molecule has 0 amide bonds. The zero-order chi connectivity index (χ0) is 6.15. The van der Waals surface area contributed by atoms with Gasteiger partial charge in [-0.25, -0.2) is 0 Å². The van der Waals surface area contributed by atoms with Crippen molar-refractivity contribution >= 4 is 18.7 Å². The van der Waals surface area contributed by atoms with Crippen molar-refractivity contribution in [2.24, 2.45) is 4.99 Å². The zero-order valence-electron chi connectivity index (χ0n) is 5.13. The van der Waals surface area contributed by atoms with Crippen LogP contribution in [0.3, 0.4) is 0 Å². The van der Waals surface area contributed by atoms with E-state index in [4.69, 9.17) is 0 Å². The lowest BCUT2D eigenvalue weighted by Crippen LogP contribution is -2.23. The maximum Gasteiger partial charge on any atom is 0.106 e. The molecule has 1 atom stereocenters. The Kier molecular flexibility index (Phi) is 1.47. The van der Waals surface area contributed by atoms with Gasteiger partial charge in [0.1, 0.15) is 5.84 Å². The van der Waals surface area contributed by atoms with Gasteiger partial charge in [-0.1, -0.05) is 12.8 Å². The molecule has 0 aliphatic carbocycles. The molecular weight excluding hydrogens is 120 g/mol. The third-order valence-corrected chi connectivity index (χ3v) is 2.02. The van der Waals surface area contributed by atoms with E-state index in [0.717, 1.165) is 12.4 Å². The minimum Gasteiger partial charge on any atom is -0.303 e. The zero-order valence-corrected chi connectivity index (χ0v) is 6.02. The van der Waals surface area contributed by atoms with E-state index in [2.05, 4.69) is 24.7 Å². The van der Waals surface area contributed by atoms with Gasteiger partial charge in [0.15, 0.2) is 0 Å². The van der Waals surface area contributed by atoms with Crippen LogP contribution >= 0.6 is 12.8 Å². The smallest absolute Gasteiger partial charge is 0.106 e. The van der Waals surface area contributed by atoms with Gasteiger partial charge in [0, 0.05) is 0 Å². The van der Waals surface area contributed by atoms with Crippen molar-refractivity contribution in [3.63, 3.8) is 0 Å². The second kappa shape index (κ2) is 1.97. The van der Waals surface area contributed by atoms with Crippen LogP contribution in [-0.2, 0) is 0 Å². The molecule has 0 fully saturated rings.